The molecule has 13 heavy (non-hydrogen) atoms. The zero-order chi connectivity index (χ0) is 9.68. The molecular formula is C11H16NO+. The van der Waals surface area contributed by atoms with E-state index in [9.17, 15) is 4.79 Å². The number of nitrogens with two attached hydrogens (primary N) is 1. The number of hydrogen-bond acceptors (Lipinski definition) is 1. The summed E-state index contributed by atoms with van der Waals surface area (Å²) in [5, 5.41) is 2.04. The molecule has 0 saturated heterocycles. The summed E-state index contributed by atoms with van der Waals surface area (Å²) >= 11 is 0. The number of ketones is 1. The van der Waals surface area contributed by atoms with Gasteiger partial charge in [0.15, 0.2) is 0 Å². The molecule has 0 spiro atoms. The molecular weight excluding hydrogens is 162 g/mol. The van der Waals surface area contributed by atoms with Crippen LogP contribution in [0.25, 0.3) is 0 Å². The predicted octanol–water partition coefficient (Wildman–Crippen LogP) is 0.841. The summed E-state index contributed by atoms with van der Waals surface area (Å²) in [6.45, 7) is 4.94. The van der Waals surface area contributed by atoms with Crippen molar-refractivity contribution in [1.82, 2.24) is 0 Å². The van der Waals surface area contributed by atoms with Crippen molar-refractivity contribution in [3.8, 4) is 0 Å². The SMILES string of the molecule is CC[NH2+][C@@H](C)C(=O)c1ccccc1. The van der Waals surface area contributed by atoms with Crippen molar-refractivity contribution < 1.29 is 10.1 Å². The molecule has 0 amide bonds. The van der Waals surface area contributed by atoms with Gasteiger partial charge in [0.1, 0.15) is 6.04 Å². The summed E-state index contributed by atoms with van der Waals surface area (Å²) < 4.78 is 0. The molecule has 70 valence electrons. The van der Waals surface area contributed by atoms with E-state index in [0.717, 1.165) is 12.1 Å². The first-order valence-electron chi connectivity index (χ1n) is 4.68. The highest BCUT2D eigenvalue weighted by Gasteiger charge is 2.15. The Bertz CT molecular complexity index is 269. The number of carbonyl (C=O) groups is 1. The van der Waals surface area contributed by atoms with Crippen molar-refractivity contribution in [1.29, 1.82) is 0 Å². The standard InChI is InChI=1S/C11H15NO/c1-3-12-9(2)11(13)10-7-5-4-6-8-10/h4-9,12H,3H2,1-2H3/p+1/t9-/m0/s1. The number of quaternary nitrogens is 1. The summed E-state index contributed by atoms with van der Waals surface area (Å²) in [7, 11) is 0. The Balaban J connectivity index is 2.68. The monoisotopic (exact) mass is 178 g/mol. The molecule has 0 saturated carbocycles. The molecule has 0 bridgehead atoms. The van der Waals surface area contributed by atoms with Crippen LogP contribution in [-0.4, -0.2) is 18.4 Å². The van der Waals surface area contributed by atoms with Crippen LogP contribution in [0.15, 0.2) is 30.3 Å². The predicted molar refractivity (Wildman–Crippen MR) is 52.7 cm³/mol. The van der Waals surface area contributed by atoms with Crippen molar-refractivity contribution >= 4 is 5.78 Å². The van der Waals surface area contributed by atoms with Gasteiger partial charge in [0.25, 0.3) is 0 Å². The molecule has 2 nitrogen and oxygen atoms in total. The van der Waals surface area contributed by atoms with E-state index in [0.29, 0.717) is 0 Å². The van der Waals surface area contributed by atoms with Crippen LogP contribution in [0, 0.1) is 0 Å². The molecule has 0 aromatic heterocycles. The van der Waals surface area contributed by atoms with Gasteiger partial charge >= 0.3 is 0 Å². The third kappa shape index (κ3) is 2.67. The quantitative estimate of drug-likeness (QED) is 0.681. The number of carbonyl (C=O) groups excluding carboxylic acids is 1. The van der Waals surface area contributed by atoms with Crippen LogP contribution >= 0.6 is 0 Å². The Morgan fingerprint density at radius 2 is 2.00 bits per heavy atom. The molecule has 2 heteroatoms. The van der Waals surface area contributed by atoms with E-state index in [1.807, 2.05) is 42.6 Å². The Labute approximate surface area is 79.0 Å². The van der Waals surface area contributed by atoms with Gasteiger partial charge in [0.2, 0.25) is 5.78 Å². The summed E-state index contributed by atoms with van der Waals surface area (Å²) in [6.07, 6.45) is 0. The summed E-state index contributed by atoms with van der Waals surface area (Å²) in [5.41, 5.74) is 0.805. The molecule has 0 radical (unpaired) electrons. The van der Waals surface area contributed by atoms with Gasteiger partial charge in [-0.1, -0.05) is 30.3 Å². The van der Waals surface area contributed by atoms with E-state index >= 15 is 0 Å². The normalized spacial score (nSPS) is 12.5. The smallest absolute Gasteiger partial charge is 0.219 e. The molecule has 1 atom stereocenters. The maximum atomic E-state index is 11.7. The van der Waals surface area contributed by atoms with Gasteiger partial charge < -0.3 is 5.32 Å². The van der Waals surface area contributed by atoms with Crippen LogP contribution in [0.5, 0.6) is 0 Å². The molecule has 0 fully saturated rings. The molecule has 0 aliphatic heterocycles. The van der Waals surface area contributed by atoms with E-state index in [1.54, 1.807) is 0 Å². The fraction of sp³-hybridized carbons (Fsp3) is 0.364. The first-order chi connectivity index (χ1) is 6.25. The molecule has 1 aromatic carbocycles. The van der Waals surface area contributed by atoms with Crippen molar-refractivity contribution in [3.05, 3.63) is 35.9 Å². The van der Waals surface area contributed by atoms with Crippen LogP contribution in [0.2, 0.25) is 0 Å². The largest absolute Gasteiger partial charge is 0.338 e. The number of Topliss-reactive ketones (excluding diaryl/α,β-unsaturated/α-hetero) is 1. The third-order valence-electron chi connectivity index (χ3n) is 2.06. The van der Waals surface area contributed by atoms with Gasteiger partial charge in [-0.05, 0) is 13.8 Å². The van der Waals surface area contributed by atoms with E-state index in [1.165, 1.54) is 0 Å². The number of likely N-dealkylation sites (N-methyl/N-ethyl adjacent to an activating group) is 1. The Hall–Kier alpha value is -1.15. The minimum Gasteiger partial charge on any atom is -0.338 e. The van der Waals surface area contributed by atoms with Crippen molar-refractivity contribution in [2.75, 3.05) is 6.54 Å². The lowest BCUT2D eigenvalue weighted by molar-refractivity contribution is -0.669. The van der Waals surface area contributed by atoms with Crippen molar-refractivity contribution in [2.45, 2.75) is 19.9 Å². The topological polar surface area (TPSA) is 33.7 Å². The van der Waals surface area contributed by atoms with Gasteiger partial charge in [-0.15, -0.1) is 0 Å². The maximum Gasteiger partial charge on any atom is 0.219 e. The van der Waals surface area contributed by atoms with Crippen LogP contribution in [0.3, 0.4) is 0 Å². The van der Waals surface area contributed by atoms with E-state index < -0.39 is 0 Å². The lowest BCUT2D eigenvalue weighted by atomic mass is 10.1. The Morgan fingerprint density at radius 1 is 1.38 bits per heavy atom. The molecule has 0 aliphatic rings. The molecule has 0 heterocycles. The van der Waals surface area contributed by atoms with E-state index in [2.05, 4.69) is 6.92 Å². The molecule has 1 rings (SSSR count). The fourth-order valence-corrected chi connectivity index (χ4v) is 1.33. The summed E-state index contributed by atoms with van der Waals surface area (Å²) in [5.74, 6) is 0.211. The highest BCUT2D eigenvalue weighted by molar-refractivity contribution is 5.98. The first-order valence-corrected chi connectivity index (χ1v) is 4.68. The van der Waals surface area contributed by atoms with Gasteiger partial charge in [-0.2, -0.15) is 0 Å². The second-order valence-corrected chi connectivity index (χ2v) is 3.16. The molecule has 1 aromatic rings. The number of benzene rings is 1. The average Bonchev–Trinajstić information content (AvgIpc) is 2.18. The van der Waals surface area contributed by atoms with Crippen LogP contribution < -0.4 is 5.32 Å². The average molecular weight is 178 g/mol. The zero-order valence-electron chi connectivity index (χ0n) is 8.16. The second kappa shape index (κ2) is 4.77. The minimum absolute atomic E-state index is 0.0346. The minimum atomic E-state index is 0.0346. The lowest BCUT2D eigenvalue weighted by Crippen LogP contribution is -2.90. The van der Waals surface area contributed by atoms with Crippen molar-refractivity contribution in [3.63, 3.8) is 0 Å². The molecule has 0 aliphatic carbocycles. The van der Waals surface area contributed by atoms with E-state index in [-0.39, 0.29) is 11.8 Å². The first kappa shape index (κ1) is 9.93. The van der Waals surface area contributed by atoms with Crippen LogP contribution in [-0.2, 0) is 0 Å². The zero-order valence-corrected chi connectivity index (χ0v) is 8.16. The van der Waals surface area contributed by atoms with Crippen LogP contribution in [0.4, 0.5) is 0 Å². The maximum absolute atomic E-state index is 11.7. The van der Waals surface area contributed by atoms with E-state index in [4.69, 9.17) is 0 Å². The lowest BCUT2D eigenvalue weighted by Gasteiger charge is -2.07. The fourth-order valence-electron chi connectivity index (χ4n) is 1.33. The van der Waals surface area contributed by atoms with Gasteiger partial charge in [-0.3, -0.25) is 4.79 Å². The Morgan fingerprint density at radius 3 is 2.54 bits per heavy atom. The van der Waals surface area contributed by atoms with Gasteiger partial charge in [0, 0.05) is 5.56 Å². The third-order valence-corrected chi connectivity index (χ3v) is 2.06. The highest BCUT2D eigenvalue weighted by Crippen LogP contribution is 2.00. The number of rotatable bonds is 4. The molecule has 0 unspecified atom stereocenters. The summed E-state index contributed by atoms with van der Waals surface area (Å²) in [4.78, 5) is 11.7. The summed E-state index contributed by atoms with van der Waals surface area (Å²) in [6, 6.07) is 9.47. The second-order valence-electron chi connectivity index (χ2n) is 3.16. The highest BCUT2D eigenvalue weighted by atomic mass is 16.1. The Kier molecular flexibility index (Phi) is 3.65. The van der Waals surface area contributed by atoms with Crippen molar-refractivity contribution in [2.24, 2.45) is 0 Å². The van der Waals surface area contributed by atoms with Crippen LogP contribution in [0.1, 0.15) is 24.2 Å². The van der Waals surface area contributed by atoms with Gasteiger partial charge in [-0.25, -0.2) is 0 Å². The number of hydrogen-bond donors (Lipinski definition) is 1. The molecule has 2 N–H and O–H groups in total. The van der Waals surface area contributed by atoms with Gasteiger partial charge in [0.05, 0.1) is 6.54 Å².